The van der Waals surface area contributed by atoms with Crippen LogP contribution in [0, 0.1) is 0 Å². The van der Waals surface area contributed by atoms with Crippen LogP contribution in [0.1, 0.15) is 18.1 Å². The molecule has 0 aliphatic carbocycles. The number of rotatable bonds is 9. The average Bonchev–Trinajstić information content (AvgIpc) is 3.22. The van der Waals surface area contributed by atoms with Crippen LogP contribution in [-0.4, -0.2) is 52.0 Å². The van der Waals surface area contributed by atoms with E-state index in [4.69, 9.17) is 9.47 Å². The molecule has 0 spiro atoms. The maximum Gasteiger partial charge on any atom is 0.243 e. The second kappa shape index (κ2) is 10.5. The van der Waals surface area contributed by atoms with E-state index in [-0.39, 0.29) is 29.9 Å². The summed E-state index contributed by atoms with van der Waals surface area (Å²) < 4.78 is 39.3. The lowest BCUT2D eigenvalue weighted by Crippen LogP contribution is -2.45. The van der Waals surface area contributed by atoms with Crippen LogP contribution in [0.5, 0.6) is 11.5 Å². The number of sulfonamides is 1. The Balaban J connectivity index is 1.65. The first-order chi connectivity index (χ1) is 16.8. The van der Waals surface area contributed by atoms with E-state index in [1.54, 1.807) is 11.0 Å². The fourth-order valence-electron chi connectivity index (χ4n) is 4.48. The minimum absolute atomic E-state index is 0.0420. The number of nitrogens with zero attached hydrogens (tertiary/aromatic N) is 2. The average molecular weight is 495 g/mol. The van der Waals surface area contributed by atoms with E-state index in [0.29, 0.717) is 17.9 Å². The number of methoxy groups -OCH3 is 2. The van der Waals surface area contributed by atoms with Gasteiger partial charge in [0.15, 0.2) is 11.5 Å². The van der Waals surface area contributed by atoms with Crippen molar-refractivity contribution in [2.45, 2.75) is 30.7 Å². The molecule has 1 aliphatic rings. The van der Waals surface area contributed by atoms with E-state index < -0.39 is 10.0 Å². The number of ether oxygens (including phenoxy) is 2. The van der Waals surface area contributed by atoms with Crippen LogP contribution < -0.4 is 14.4 Å². The Hall–Kier alpha value is -3.36. The van der Waals surface area contributed by atoms with Gasteiger partial charge >= 0.3 is 0 Å². The number of carbonyl (C=O) groups is 1. The SMILES string of the molecule is COc1ccc(S(=O)(=O)N(CCc2ccccc2)CC(=O)N2c3ccccc3CC2C)cc1OC. The molecule has 184 valence electrons. The lowest BCUT2D eigenvalue weighted by Gasteiger charge is -2.28. The number of anilines is 1. The Bertz CT molecular complexity index is 1290. The molecule has 1 heterocycles. The maximum atomic E-state index is 13.8. The van der Waals surface area contributed by atoms with Crippen molar-refractivity contribution in [3.8, 4) is 11.5 Å². The highest BCUT2D eigenvalue weighted by Crippen LogP contribution is 2.33. The summed E-state index contributed by atoms with van der Waals surface area (Å²) in [5.74, 6) is 0.491. The van der Waals surface area contributed by atoms with Gasteiger partial charge < -0.3 is 14.4 Å². The van der Waals surface area contributed by atoms with Crippen molar-refractivity contribution in [3.63, 3.8) is 0 Å². The molecule has 0 saturated heterocycles. The van der Waals surface area contributed by atoms with Crippen LogP contribution in [0.4, 0.5) is 5.69 Å². The minimum Gasteiger partial charge on any atom is -0.493 e. The van der Waals surface area contributed by atoms with E-state index in [2.05, 4.69) is 0 Å². The largest absolute Gasteiger partial charge is 0.493 e. The quantitative estimate of drug-likeness (QED) is 0.451. The summed E-state index contributed by atoms with van der Waals surface area (Å²) in [6, 6.07) is 21.8. The first-order valence-corrected chi connectivity index (χ1v) is 12.9. The highest BCUT2D eigenvalue weighted by Gasteiger charge is 2.34. The highest BCUT2D eigenvalue weighted by atomic mass is 32.2. The molecule has 3 aromatic rings. The molecular weight excluding hydrogens is 464 g/mol. The summed E-state index contributed by atoms with van der Waals surface area (Å²) in [6.45, 7) is 1.88. The number of benzene rings is 3. The third-order valence-electron chi connectivity index (χ3n) is 6.27. The molecule has 1 aliphatic heterocycles. The lowest BCUT2D eigenvalue weighted by atomic mass is 10.1. The molecule has 4 rings (SSSR count). The zero-order valence-electron chi connectivity index (χ0n) is 20.2. The zero-order valence-corrected chi connectivity index (χ0v) is 21.0. The predicted molar refractivity (Wildman–Crippen MR) is 136 cm³/mol. The van der Waals surface area contributed by atoms with Crippen molar-refractivity contribution in [3.05, 3.63) is 83.9 Å². The third kappa shape index (κ3) is 5.18. The molecular formula is C27H30N2O5S. The summed E-state index contributed by atoms with van der Waals surface area (Å²) in [4.78, 5) is 15.3. The van der Waals surface area contributed by atoms with Gasteiger partial charge in [0.2, 0.25) is 15.9 Å². The van der Waals surface area contributed by atoms with Gasteiger partial charge in [-0.25, -0.2) is 8.42 Å². The molecule has 7 nitrogen and oxygen atoms in total. The molecule has 1 atom stereocenters. The molecule has 0 N–H and O–H groups in total. The fourth-order valence-corrected chi connectivity index (χ4v) is 5.89. The van der Waals surface area contributed by atoms with E-state index >= 15 is 0 Å². The lowest BCUT2D eigenvalue weighted by molar-refractivity contribution is -0.119. The van der Waals surface area contributed by atoms with E-state index in [9.17, 15) is 13.2 Å². The van der Waals surface area contributed by atoms with Gasteiger partial charge in [-0.15, -0.1) is 0 Å². The van der Waals surface area contributed by atoms with Crippen molar-refractivity contribution in [2.75, 3.05) is 32.2 Å². The molecule has 0 saturated carbocycles. The molecule has 1 amide bonds. The number of fused-ring (bicyclic) bond motifs is 1. The van der Waals surface area contributed by atoms with Gasteiger partial charge in [-0.3, -0.25) is 4.79 Å². The zero-order chi connectivity index (χ0) is 25.0. The minimum atomic E-state index is -4.00. The fraction of sp³-hybridized carbons (Fsp3) is 0.296. The Labute approximate surface area is 206 Å². The summed E-state index contributed by atoms with van der Waals surface area (Å²) in [5.41, 5.74) is 2.93. The van der Waals surface area contributed by atoms with Gasteiger partial charge in [0.25, 0.3) is 0 Å². The predicted octanol–water partition coefficient (Wildman–Crippen LogP) is 3.92. The van der Waals surface area contributed by atoms with Crippen LogP contribution in [0.3, 0.4) is 0 Å². The summed E-state index contributed by atoms with van der Waals surface area (Å²) in [5, 5.41) is 0. The smallest absolute Gasteiger partial charge is 0.243 e. The molecule has 0 radical (unpaired) electrons. The van der Waals surface area contributed by atoms with Gasteiger partial charge in [0.1, 0.15) is 0 Å². The van der Waals surface area contributed by atoms with E-state index in [1.165, 1.54) is 30.7 Å². The number of hydrogen-bond donors (Lipinski definition) is 0. The van der Waals surface area contributed by atoms with Crippen molar-refractivity contribution >= 4 is 21.6 Å². The summed E-state index contributed by atoms with van der Waals surface area (Å²) >= 11 is 0. The van der Waals surface area contributed by atoms with Gasteiger partial charge in [-0.1, -0.05) is 48.5 Å². The number of hydrogen-bond acceptors (Lipinski definition) is 5. The Morgan fingerprint density at radius 3 is 2.37 bits per heavy atom. The molecule has 35 heavy (non-hydrogen) atoms. The van der Waals surface area contributed by atoms with Crippen molar-refractivity contribution in [1.82, 2.24) is 4.31 Å². The second-order valence-corrected chi connectivity index (χ2v) is 10.5. The maximum absolute atomic E-state index is 13.8. The van der Waals surface area contributed by atoms with Crippen LogP contribution in [0.2, 0.25) is 0 Å². The molecule has 8 heteroatoms. The molecule has 0 aromatic heterocycles. The second-order valence-electron chi connectivity index (χ2n) is 8.54. The number of para-hydroxylation sites is 1. The monoisotopic (exact) mass is 494 g/mol. The van der Waals surface area contributed by atoms with Crippen LogP contribution in [0.25, 0.3) is 0 Å². The van der Waals surface area contributed by atoms with Gasteiger partial charge in [-0.2, -0.15) is 4.31 Å². The first kappa shape index (κ1) is 24.8. The topological polar surface area (TPSA) is 76.2 Å². The van der Waals surface area contributed by atoms with E-state index in [0.717, 1.165) is 23.2 Å². The van der Waals surface area contributed by atoms with Crippen LogP contribution in [0.15, 0.2) is 77.7 Å². The molecule has 3 aromatic carbocycles. The van der Waals surface area contributed by atoms with Crippen molar-refractivity contribution in [1.29, 1.82) is 0 Å². The number of amides is 1. The molecule has 0 fully saturated rings. The molecule has 0 bridgehead atoms. The molecule has 1 unspecified atom stereocenters. The third-order valence-corrected chi connectivity index (χ3v) is 8.11. The summed E-state index contributed by atoms with van der Waals surface area (Å²) in [6.07, 6.45) is 1.22. The summed E-state index contributed by atoms with van der Waals surface area (Å²) in [7, 11) is -1.05. The Morgan fingerprint density at radius 2 is 1.66 bits per heavy atom. The normalized spacial score (nSPS) is 15.2. The van der Waals surface area contributed by atoms with E-state index in [1.807, 2.05) is 61.5 Å². The van der Waals surface area contributed by atoms with Gasteiger partial charge in [-0.05, 0) is 49.1 Å². The Kier molecular flexibility index (Phi) is 7.42. The Morgan fingerprint density at radius 1 is 0.971 bits per heavy atom. The van der Waals surface area contributed by atoms with Gasteiger partial charge in [0, 0.05) is 24.3 Å². The standard InChI is InChI=1S/C27H30N2O5S/c1-20-17-22-11-7-8-12-24(22)29(20)27(30)19-28(16-15-21-9-5-4-6-10-21)35(31,32)23-13-14-25(33-2)26(18-23)34-3/h4-14,18,20H,15-17,19H2,1-3H3. The number of carbonyl (C=O) groups excluding carboxylic acids is 1. The van der Waals surface area contributed by atoms with Crippen LogP contribution in [-0.2, 0) is 27.7 Å². The first-order valence-electron chi connectivity index (χ1n) is 11.5. The van der Waals surface area contributed by atoms with Gasteiger partial charge in [0.05, 0.1) is 25.7 Å². The van der Waals surface area contributed by atoms with Crippen molar-refractivity contribution in [2.24, 2.45) is 0 Å². The van der Waals surface area contributed by atoms with Crippen molar-refractivity contribution < 1.29 is 22.7 Å². The highest BCUT2D eigenvalue weighted by molar-refractivity contribution is 7.89. The van der Waals surface area contributed by atoms with Crippen LogP contribution >= 0.6 is 0 Å².